The van der Waals surface area contributed by atoms with E-state index in [-0.39, 0.29) is 48.3 Å². The summed E-state index contributed by atoms with van der Waals surface area (Å²) >= 11 is 0. The molecule has 0 rings (SSSR count). The summed E-state index contributed by atoms with van der Waals surface area (Å²) in [4.78, 5) is 0. The molecule has 0 aromatic heterocycles. The minimum Gasteiger partial charge on any atom is -0.375 e. The highest BCUT2D eigenvalue weighted by Gasteiger charge is 2.38. The molecule has 0 aliphatic heterocycles. The van der Waals surface area contributed by atoms with Crippen LogP contribution in [0.15, 0.2) is 0 Å². The van der Waals surface area contributed by atoms with E-state index in [2.05, 4.69) is 104 Å². The summed E-state index contributed by atoms with van der Waals surface area (Å²) in [6.07, 6.45) is 6.68. The summed E-state index contributed by atoms with van der Waals surface area (Å²) in [5, 5.41) is 0. The van der Waals surface area contributed by atoms with Crippen LogP contribution in [0.2, 0.25) is 0 Å². The molecule has 0 amide bonds. The van der Waals surface area contributed by atoms with E-state index in [4.69, 9.17) is 28.4 Å². The predicted octanol–water partition coefficient (Wildman–Crippen LogP) is 8.91. The molecule has 0 aromatic carbocycles. The third-order valence-electron chi connectivity index (χ3n) is 9.30. The van der Waals surface area contributed by atoms with Crippen LogP contribution in [0.5, 0.6) is 0 Å². The topological polar surface area (TPSA) is 55.4 Å². The number of ether oxygens (including phenoxy) is 6. The normalized spacial score (nSPS) is 22.3. The Morgan fingerprint density at radius 1 is 0.500 bits per heavy atom. The minimum absolute atomic E-state index is 0.0413. The molecule has 0 saturated carbocycles. The Morgan fingerprint density at radius 3 is 1.20 bits per heavy atom. The summed E-state index contributed by atoms with van der Waals surface area (Å²) in [6.45, 7) is 33.1. The maximum atomic E-state index is 6.91. The summed E-state index contributed by atoms with van der Waals surface area (Å²) in [5.41, 5.74) is -1.23. The predicted molar refractivity (Wildman–Crippen MR) is 168 cm³/mol. The number of hydrogen-bond acceptors (Lipinski definition) is 6. The number of hydrogen-bond donors (Lipinski definition) is 0. The highest BCUT2D eigenvalue weighted by Crippen LogP contribution is 2.31. The summed E-state index contributed by atoms with van der Waals surface area (Å²) in [5.74, 6) is 0. The first-order chi connectivity index (χ1) is 18.6. The molecule has 0 fully saturated rings. The quantitative estimate of drug-likeness (QED) is 0.115. The van der Waals surface area contributed by atoms with E-state index in [0.29, 0.717) is 13.2 Å². The van der Waals surface area contributed by atoms with E-state index < -0.39 is 11.2 Å². The van der Waals surface area contributed by atoms with Crippen molar-refractivity contribution in [3.8, 4) is 0 Å². The molecule has 9 unspecified atom stereocenters. The Morgan fingerprint density at radius 2 is 0.875 bits per heavy atom. The smallest absolute Gasteiger partial charge is 0.105 e. The van der Waals surface area contributed by atoms with Crippen molar-refractivity contribution in [1.82, 2.24) is 0 Å². The lowest BCUT2D eigenvalue weighted by atomic mass is 9.94. The van der Waals surface area contributed by atoms with E-state index in [1.54, 1.807) is 0 Å². The van der Waals surface area contributed by atoms with Crippen molar-refractivity contribution < 1.29 is 28.4 Å². The van der Waals surface area contributed by atoms with Crippen molar-refractivity contribution in [2.45, 2.75) is 208 Å². The van der Waals surface area contributed by atoms with Gasteiger partial charge in [-0.05, 0) is 101 Å². The van der Waals surface area contributed by atoms with Crippen LogP contribution in [-0.2, 0) is 28.4 Å². The second kappa shape index (κ2) is 19.1. The first-order valence-corrected chi connectivity index (χ1v) is 16.5. The van der Waals surface area contributed by atoms with Gasteiger partial charge in [-0.15, -0.1) is 0 Å². The van der Waals surface area contributed by atoms with E-state index in [1.807, 2.05) is 0 Å². The van der Waals surface area contributed by atoms with Gasteiger partial charge in [-0.25, -0.2) is 0 Å². The molecular formula is C34H70O6. The van der Waals surface area contributed by atoms with Gasteiger partial charge in [-0.3, -0.25) is 0 Å². The Balaban J connectivity index is 5.88. The fraction of sp³-hybridized carbons (Fsp3) is 1.00. The Kier molecular flexibility index (Phi) is 19.0. The zero-order valence-corrected chi connectivity index (χ0v) is 29.4. The second-order valence-electron chi connectivity index (χ2n) is 12.9. The molecule has 9 atom stereocenters. The van der Waals surface area contributed by atoms with Gasteiger partial charge < -0.3 is 28.4 Å². The Labute approximate surface area is 249 Å². The fourth-order valence-electron chi connectivity index (χ4n) is 4.70. The van der Waals surface area contributed by atoms with Crippen LogP contribution >= 0.6 is 0 Å². The van der Waals surface area contributed by atoms with Crippen molar-refractivity contribution in [2.24, 2.45) is 0 Å². The van der Waals surface area contributed by atoms with Crippen LogP contribution < -0.4 is 0 Å². The third-order valence-corrected chi connectivity index (χ3v) is 9.30. The lowest BCUT2D eigenvalue weighted by Crippen LogP contribution is -2.49. The highest BCUT2D eigenvalue weighted by atomic mass is 16.6. The molecular weight excluding hydrogens is 504 g/mol. The van der Waals surface area contributed by atoms with Gasteiger partial charge in [0.05, 0.1) is 66.6 Å². The van der Waals surface area contributed by atoms with Crippen LogP contribution in [0.3, 0.4) is 0 Å². The van der Waals surface area contributed by atoms with Crippen LogP contribution in [0.1, 0.15) is 149 Å². The van der Waals surface area contributed by atoms with E-state index >= 15 is 0 Å². The molecule has 0 spiro atoms. The molecule has 0 radical (unpaired) electrons. The van der Waals surface area contributed by atoms with Crippen molar-refractivity contribution in [3.63, 3.8) is 0 Å². The lowest BCUT2D eigenvalue weighted by molar-refractivity contribution is -0.216. The van der Waals surface area contributed by atoms with E-state index in [0.717, 1.165) is 44.9 Å². The highest BCUT2D eigenvalue weighted by molar-refractivity contribution is 4.86. The molecule has 242 valence electrons. The van der Waals surface area contributed by atoms with Gasteiger partial charge in [0.15, 0.2) is 0 Å². The monoisotopic (exact) mass is 575 g/mol. The van der Waals surface area contributed by atoms with Crippen LogP contribution in [0, 0.1) is 0 Å². The van der Waals surface area contributed by atoms with Crippen molar-refractivity contribution in [1.29, 1.82) is 0 Å². The standard InChI is InChI=1S/C34H70O6/c1-16-25(7)37-28(10)22-32(13,19-4)40-31(23-35-33(14,20-5)29(11)38-26(8)17-2)24-36-34(15,21-6)30(12)39-27(9)18-3/h25-31H,16-24H2,1-15H3. The van der Waals surface area contributed by atoms with Gasteiger partial charge in [0.2, 0.25) is 0 Å². The van der Waals surface area contributed by atoms with Crippen molar-refractivity contribution in [3.05, 3.63) is 0 Å². The van der Waals surface area contributed by atoms with E-state index in [1.165, 1.54) is 0 Å². The maximum Gasteiger partial charge on any atom is 0.105 e. The maximum absolute atomic E-state index is 6.91. The average molecular weight is 575 g/mol. The summed E-state index contributed by atoms with van der Waals surface area (Å²) in [6, 6.07) is 0. The first-order valence-electron chi connectivity index (χ1n) is 16.5. The van der Waals surface area contributed by atoms with Gasteiger partial charge in [0.25, 0.3) is 0 Å². The van der Waals surface area contributed by atoms with Crippen molar-refractivity contribution >= 4 is 0 Å². The molecule has 0 N–H and O–H groups in total. The van der Waals surface area contributed by atoms with Gasteiger partial charge in [0, 0.05) is 6.42 Å². The second-order valence-corrected chi connectivity index (χ2v) is 12.9. The fourth-order valence-corrected chi connectivity index (χ4v) is 4.70. The summed E-state index contributed by atoms with van der Waals surface area (Å²) < 4.78 is 39.1. The minimum atomic E-state index is -0.429. The SMILES string of the molecule is CCC(C)OC(C)CC(C)(CC)OC(COC(C)(CC)C(C)OC(C)CC)COC(C)(CC)C(C)OC(C)CC. The van der Waals surface area contributed by atoms with Gasteiger partial charge >= 0.3 is 0 Å². The summed E-state index contributed by atoms with van der Waals surface area (Å²) in [7, 11) is 0. The zero-order chi connectivity index (χ0) is 31.1. The van der Waals surface area contributed by atoms with Crippen LogP contribution in [0.25, 0.3) is 0 Å². The van der Waals surface area contributed by atoms with Crippen LogP contribution in [-0.4, -0.2) is 72.7 Å². The van der Waals surface area contributed by atoms with E-state index in [9.17, 15) is 0 Å². The first kappa shape index (κ1) is 39.8. The molecule has 0 aliphatic rings. The molecule has 0 aliphatic carbocycles. The molecule has 0 bridgehead atoms. The Bertz CT molecular complexity index is 610. The average Bonchev–Trinajstić information content (AvgIpc) is 2.93. The van der Waals surface area contributed by atoms with Crippen LogP contribution in [0.4, 0.5) is 0 Å². The molecule has 6 nitrogen and oxygen atoms in total. The van der Waals surface area contributed by atoms with Gasteiger partial charge in [0.1, 0.15) is 6.10 Å². The van der Waals surface area contributed by atoms with Crippen molar-refractivity contribution in [2.75, 3.05) is 13.2 Å². The Hall–Kier alpha value is -0.240. The molecule has 6 heteroatoms. The number of rotatable bonds is 24. The lowest BCUT2D eigenvalue weighted by Gasteiger charge is -2.41. The molecule has 0 saturated heterocycles. The van der Waals surface area contributed by atoms with Gasteiger partial charge in [-0.1, -0.05) is 41.5 Å². The largest absolute Gasteiger partial charge is 0.375 e. The third kappa shape index (κ3) is 13.8. The molecule has 0 heterocycles. The zero-order valence-electron chi connectivity index (χ0n) is 29.4. The molecule has 40 heavy (non-hydrogen) atoms. The van der Waals surface area contributed by atoms with Gasteiger partial charge in [-0.2, -0.15) is 0 Å². The molecule has 0 aromatic rings.